The van der Waals surface area contributed by atoms with Crippen molar-refractivity contribution in [3.8, 4) is 0 Å². The molecule has 1 rings (SSSR count). The van der Waals surface area contributed by atoms with Gasteiger partial charge in [-0.2, -0.15) is 0 Å². The Hall–Kier alpha value is 0.300. The summed E-state index contributed by atoms with van der Waals surface area (Å²) in [4.78, 5) is 0. The first-order chi connectivity index (χ1) is 3.39. The molecule has 0 radical (unpaired) electrons. The van der Waals surface area contributed by atoms with Crippen LogP contribution in [0.2, 0.25) is 0 Å². The van der Waals surface area contributed by atoms with Crippen molar-refractivity contribution in [3.05, 3.63) is 10.2 Å². The number of nitrogens with two attached hydrogens (primary N) is 1. The summed E-state index contributed by atoms with van der Waals surface area (Å²) in [5.74, 6) is 0. The normalized spacial score (nSPS) is 29.6. The minimum Gasteiger partial charge on any atom is -0.324 e. The maximum Gasteiger partial charge on any atom is 0.0270 e. The summed E-state index contributed by atoms with van der Waals surface area (Å²) < 4.78 is 4.52. The van der Waals surface area contributed by atoms with Crippen molar-refractivity contribution in [2.45, 2.75) is 12.5 Å². The second-order valence-electron chi connectivity index (χ2n) is 1.50. The van der Waals surface area contributed by atoms with E-state index in [-0.39, 0.29) is 0 Å². The zero-order chi connectivity index (χ0) is 5.11. The lowest BCUT2D eigenvalue weighted by Gasteiger charge is -2.02. The lowest BCUT2D eigenvalue weighted by molar-refractivity contribution is 0.876. The number of hydrogen-bond acceptors (Lipinski definition) is 1. The van der Waals surface area contributed by atoms with Crippen LogP contribution in [0.5, 0.6) is 0 Å². The average molecular weight is 209 g/mol. The van der Waals surface area contributed by atoms with Crippen molar-refractivity contribution < 1.29 is 0 Å². The van der Waals surface area contributed by atoms with Crippen molar-refractivity contribution in [3.63, 3.8) is 0 Å². The van der Waals surface area contributed by atoms with Gasteiger partial charge in [-0.15, -0.1) is 0 Å². The molecule has 0 spiro atoms. The molecule has 0 aromatic rings. The largest absolute Gasteiger partial charge is 0.324 e. The molecule has 1 atom stereocenters. The number of rotatable bonds is 0. The fourth-order valence-corrected chi connectivity index (χ4v) is 2.37. The third kappa shape index (κ3) is 1.69. The summed E-state index contributed by atoms with van der Waals surface area (Å²) in [7, 11) is 0. The fourth-order valence-electron chi connectivity index (χ4n) is 0.420. The van der Waals surface area contributed by atoms with E-state index >= 15 is 0 Å². The second-order valence-corrected chi connectivity index (χ2v) is 3.82. The topological polar surface area (TPSA) is 26.0 Å². The first kappa shape index (κ1) is 5.44. The molecule has 1 unspecified atom stereocenters. The third-order valence-corrected chi connectivity index (χ3v) is 2.69. The maximum atomic E-state index is 5.53. The molecule has 1 nitrogen and oxygen atoms in total. The lowest BCUT2D eigenvalue weighted by atomic mass is 10.2. The van der Waals surface area contributed by atoms with E-state index in [9.17, 15) is 0 Å². The summed E-state index contributed by atoms with van der Waals surface area (Å²) in [6.07, 6.45) is 3.21. The molecule has 1 aliphatic rings. The van der Waals surface area contributed by atoms with Crippen LogP contribution in [-0.4, -0.2) is 10.1 Å². The Kier molecular flexibility index (Phi) is 2.00. The minimum absolute atomic E-state index is 0.302. The fraction of sp³-hybridized carbons (Fsp3) is 0.400. The molecule has 1 aliphatic heterocycles. The van der Waals surface area contributed by atoms with Crippen LogP contribution in [-0.2, 0) is 0 Å². The molecule has 0 aliphatic carbocycles. The van der Waals surface area contributed by atoms with Crippen molar-refractivity contribution in [2.24, 2.45) is 5.73 Å². The highest BCUT2D eigenvalue weighted by atomic mass is 127. The van der Waals surface area contributed by atoms with Crippen LogP contribution >= 0.6 is 20.7 Å². The van der Waals surface area contributed by atoms with E-state index in [0.29, 0.717) is 26.8 Å². The SMILES string of the molecule is NC1C=CI=CC1. The zero-order valence-electron chi connectivity index (χ0n) is 3.97. The molecule has 1 heterocycles. The summed E-state index contributed by atoms with van der Waals surface area (Å²) in [5, 5.41) is 0. The maximum absolute atomic E-state index is 5.53. The Balaban J connectivity index is 2.49. The van der Waals surface area contributed by atoms with Gasteiger partial charge in [0.2, 0.25) is 0 Å². The van der Waals surface area contributed by atoms with Gasteiger partial charge >= 0.3 is 0 Å². The van der Waals surface area contributed by atoms with Crippen LogP contribution in [0.15, 0.2) is 10.2 Å². The highest BCUT2D eigenvalue weighted by molar-refractivity contribution is 14.2. The lowest BCUT2D eigenvalue weighted by Crippen LogP contribution is -2.17. The minimum atomic E-state index is 0.302. The quantitative estimate of drug-likeness (QED) is 0.592. The number of halogens is 1. The van der Waals surface area contributed by atoms with Crippen molar-refractivity contribution >= 4 is 24.7 Å². The van der Waals surface area contributed by atoms with Gasteiger partial charge in [0.1, 0.15) is 0 Å². The van der Waals surface area contributed by atoms with Gasteiger partial charge in [-0.25, -0.2) is 0 Å². The molecule has 0 aromatic carbocycles. The van der Waals surface area contributed by atoms with Crippen LogP contribution in [0.4, 0.5) is 0 Å². The highest BCUT2D eigenvalue weighted by Gasteiger charge is 1.93. The van der Waals surface area contributed by atoms with E-state index in [1.54, 1.807) is 0 Å². The van der Waals surface area contributed by atoms with Crippen LogP contribution in [0, 0.1) is 0 Å². The summed E-state index contributed by atoms with van der Waals surface area (Å²) in [5.41, 5.74) is 5.53. The summed E-state index contributed by atoms with van der Waals surface area (Å²) >= 11 is 0.302. The molecule has 2 N–H and O–H groups in total. The van der Waals surface area contributed by atoms with E-state index in [4.69, 9.17) is 5.73 Å². The summed E-state index contributed by atoms with van der Waals surface area (Å²) in [6.45, 7) is 0. The van der Waals surface area contributed by atoms with Gasteiger partial charge in [0.15, 0.2) is 0 Å². The molecule has 0 amide bonds. The van der Waals surface area contributed by atoms with Gasteiger partial charge < -0.3 is 5.73 Å². The Bertz CT molecular complexity index is 107. The standard InChI is InChI=1S/C5H8IN/c7-5-1-3-6-4-2-5/h1,3-5H,2,7H2. The molecular weight excluding hydrogens is 201 g/mol. The Labute approximate surface area is 53.3 Å². The summed E-state index contributed by atoms with van der Waals surface area (Å²) in [6, 6.07) is 0.327. The van der Waals surface area contributed by atoms with Crippen molar-refractivity contribution in [1.29, 1.82) is 0 Å². The van der Waals surface area contributed by atoms with Crippen LogP contribution in [0.3, 0.4) is 0 Å². The van der Waals surface area contributed by atoms with Crippen molar-refractivity contribution in [2.75, 3.05) is 0 Å². The van der Waals surface area contributed by atoms with E-state index in [1.807, 2.05) is 0 Å². The predicted octanol–water partition coefficient (Wildman–Crippen LogP) is 1.00. The van der Waals surface area contributed by atoms with E-state index in [0.717, 1.165) is 6.42 Å². The Morgan fingerprint density at radius 1 is 1.71 bits per heavy atom. The Morgan fingerprint density at radius 3 is 2.86 bits per heavy atom. The van der Waals surface area contributed by atoms with Gasteiger partial charge in [-0.1, -0.05) is 26.8 Å². The Morgan fingerprint density at radius 2 is 2.57 bits per heavy atom. The van der Waals surface area contributed by atoms with E-state index in [1.165, 1.54) is 0 Å². The van der Waals surface area contributed by atoms with E-state index in [2.05, 4.69) is 14.2 Å². The second kappa shape index (κ2) is 2.57. The van der Waals surface area contributed by atoms with Gasteiger partial charge in [0.25, 0.3) is 0 Å². The van der Waals surface area contributed by atoms with Gasteiger partial charge in [0, 0.05) is 6.04 Å². The van der Waals surface area contributed by atoms with Gasteiger partial charge in [-0.05, 0) is 14.5 Å². The molecule has 0 saturated carbocycles. The molecule has 2 heteroatoms. The monoisotopic (exact) mass is 209 g/mol. The first-order valence-electron chi connectivity index (χ1n) is 2.25. The predicted molar refractivity (Wildman–Crippen MR) is 41.8 cm³/mol. The number of hydrogen-bond donors (Lipinski definition) is 1. The van der Waals surface area contributed by atoms with Gasteiger partial charge in [-0.3, -0.25) is 0 Å². The molecule has 0 bridgehead atoms. The third-order valence-electron chi connectivity index (χ3n) is 0.843. The smallest absolute Gasteiger partial charge is 0.0270 e. The van der Waals surface area contributed by atoms with Crippen molar-refractivity contribution in [1.82, 2.24) is 0 Å². The van der Waals surface area contributed by atoms with Crippen LogP contribution in [0.25, 0.3) is 0 Å². The molecule has 0 saturated heterocycles. The molecule has 40 valence electrons. The molecule has 7 heavy (non-hydrogen) atoms. The van der Waals surface area contributed by atoms with E-state index < -0.39 is 0 Å². The van der Waals surface area contributed by atoms with Crippen LogP contribution < -0.4 is 5.73 Å². The zero-order valence-corrected chi connectivity index (χ0v) is 6.13. The average Bonchev–Trinajstić information content (AvgIpc) is 1.69. The highest BCUT2D eigenvalue weighted by Crippen LogP contribution is 2.06. The molecule has 0 fully saturated rings. The molecular formula is C5H8IN. The van der Waals surface area contributed by atoms with Gasteiger partial charge in [0.05, 0.1) is 0 Å². The van der Waals surface area contributed by atoms with Crippen LogP contribution in [0.1, 0.15) is 6.42 Å². The molecule has 0 aromatic heterocycles. The first-order valence-corrected chi connectivity index (χ1v) is 4.74.